The zero-order valence-corrected chi connectivity index (χ0v) is 22.5. The van der Waals surface area contributed by atoms with Crippen LogP contribution in [0.25, 0.3) is 22.0 Å². The number of hydrogen-bond donors (Lipinski definition) is 0. The molecule has 0 aliphatic heterocycles. The molecule has 2 aromatic carbocycles. The van der Waals surface area contributed by atoms with Crippen molar-refractivity contribution in [2.24, 2.45) is 7.05 Å². The van der Waals surface area contributed by atoms with Gasteiger partial charge in [0.05, 0.1) is 32.5 Å². The minimum Gasteiger partial charge on any atom is -0.497 e. The van der Waals surface area contributed by atoms with Crippen LogP contribution in [0.1, 0.15) is 26.7 Å². The molecule has 8 heteroatoms. The number of fused-ring (bicyclic) bond motifs is 1. The Labute approximate surface area is 219 Å². The average Bonchev–Trinajstić information content (AvgIpc) is 3.36. The number of ether oxygens (including phenoxy) is 2. The fourth-order valence-corrected chi connectivity index (χ4v) is 4.45. The summed E-state index contributed by atoms with van der Waals surface area (Å²) in [7, 11) is 5.27. The summed E-state index contributed by atoms with van der Waals surface area (Å²) >= 11 is 0. The van der Waals surface area contributed by atoms with Crippen molar-refractivity contribution in [3.05, 3.63) is 61.1 Å². The molecule has 196 valence electrons. The number of aryl methyl sites for hydroxylation is 1. The lowest BCUT2D eigenvalue weighted by Crippen LogP contribution is -2.29. The maximum Gasteiger partial charge on any atom is 0.124 e. The van der Waals surface area contributed by atoms with Crippen LogP contribution < -0.4 is 14.4 Å². The Kier molecular flexibility index (Phi) is 8.98. The highest BCUT2D eigenvalue weighted by molar-refractivity contribution is 5.87. The Morgan fingerprint density at radius 2 is 1.62 bits per heavy atom. The number of pyridine rings is 1. The van der Waals surface area contributed by atoms with Gasteiger partial charge in [0.1, 0.15) is 11.5 Å². The van der Waals surface area contributed by atoms with Gasteiger partial charge in [-0.1, -0.05) is 6.92 Å². The van der Waals surface area contributed by atoms with Crippen molar-refractivity contribution in [3.8, 4) is 22.6 Å². The summed E-state index contributed by atoms with van der Waals surface area (Å²) in [5, 5.41) is 7.44. The highest BCUT2D eigenvalue weighted by atomic mass is 16.7. The average molecular weight is 504 g/mol. The van der Waals surface area contributed by atoms with Gasteiger partial charge in [0.2, 0.25) is 0 Å². The van der Waals surface area contributed by atoms with Crippen molar-refractivity contribution in [3.63, 3.8) is 0 Å². The van der Waals surface area contributed by atoms with Crippen LogP contribution in [-0.4, -0.2) is 60.3 Å². The quantitative estimate of drug-likeness (QED) is 0.212. The number of hydroxylamine groups is 2. The number of methoxy groups -OCH3 is 2. The molecule has 0 spiro atoms. The van der Waals surface area contributed by atoms with Gasteiger partial charge < -0.3 is 14.4 Å². The molecule has 0 aliphatic carbocycles. The Balaban J connectivity index is 1.69. The lowest BCUT2D eigenvalue weighted by Gasteiger charge is -2.28. The van der Waals surface area contributed by atoms with Crippen LogP contribution >= 0.6 is 0 Å². The number of benzene rings is 2. The normalized spacial score (nSPS) is 11.3. The molecule has 0 fully saturated rings. The van der Waals surface area contributed by atoms with Gasteiger partial charge in [0.25, 0.3) is 0 Å². The van der Waals surface area contributed by atoms with Crippen molar-refractivity contribution >= 4 is 22.3 Å². The number of hydrogen-bond acceptors (Lipinski definition) is 7. The number of nitrogens with zero attached hydrogens (tertiary/aromatic N) is 5. The minimum absolute atomic E-state index is 0.674. The maximum atomic E-state index is 5.82. The number of aromatic nitrogens is 3. The molecule has 4 rings (SSSR count). The standard InChI is InChI=1S/C29H37N5O3/c1-6-11-33(37-7-2)12-8-13-34(26-16-27(35-4)18-28(17-26)36-5)25-9-10-29-22(15-25)14-23(19-30-29)24-20-31-32(3)21-24/h9-10,14-21H,6-8,11-13H2,1-5H3. The summed E-state index contributed by atoms with van der Waals surface area (Å²) in [5.74, 6) is 1.50. The molecule has 0 atom stereocenters. The molecule has 0 radical (unpaired) electrons. The molecule has 0 saturated heterocycles. The van der Waals surface area contributed by atoms with Crippen LogP contribution in [0.3, 0.4) is 0 Å². The summed E-state index contributed by atoms with van der Waals surface area (Å²) in [6.07, 6.45) is 7.74. The fourth-order valence-electron chi connectivity index (χ4n) is 4.45. The summed E-state index contributed by atoms with van der Waals surface area (Å²) in [6, 6.07) is 14.5. The third-order valence-electron chi connectivity index (χ3n) is 6.24. The zero-order chi connectivity index (χ0) is 26.2. The third kappa shape index (κ3) is 6.58. The Morgan fingerprint density at radius 1 is 0.838 bits per heavy atom. The Bertz CT molecular complexity index is 1280. The summed E-state index contributed by atoms with van der Waals surface area (Å²) < 4.78 is 13.0. The van der Waals surface area contributed by atoms with Crippen LogP contribution in [0.15, 0.2) is 61.1 Å². The molecule has 0 N–H and O–H groups in total. The first-order valence-corrected chi connectivity index (χ1v) is 12.8. The molecule has 37 heavy (non-hydrogen) atoms. The van der Waals surface area contributed by atoms with Gasteiger partial charge in [-0.3, -0.25) is 14.5 Å². The van der Waals surface area contributed by atoms with Crippen LogP contribution in [-0.2, 0) is 11.9 Å². The summed E-state index contributed by atoms with van der Waals surface area (Å²) in [4.78, 5) is 12.8. The lowest BCUT2D eigenvalue weighted by molar-refractivity contribution is -0.154. The van der Waals surface area contributed by atoms with Crippen molar-refractivity contribution in [2.75, 3.05) is 45.4 Å². The molecule has 8 nitrogen and oxygen atoms in total. The monoisotopic (exact) mass is 503 g/mol. The van der Waals surface area contributed by atoms with Gasteiger partial charge in [-0.15, -0.1) is 0 Å². The molecular formula is C29H37N5O3. The van der Waals surface area contributed by atoms with Gasteiger partial charge >= 0.3 is 0 Å². The molecular weight excluding hydrogens is 466 g/mol. The van der Waals surface area contributed by atoms with Crippen molar-refractivity contribution < 1.29 is 14.3 Å². The first-order valence-electron chi connectivity index (χ1n) is 12.8. The summed E-state index contributed by atoms with van der Waals surface area (Å²) in [6.45, 7) is 7.43. The second kappa shape index (κ2) is 12.6. The maximum absolute atomic E-state index is 5.82. The molecule has 0 amide bonds. The third-order valence-corrected chi connectivity index (χ3v) is 6.24. The van der Waals surface area contributed by atoms with E-state index in [1.165, 1.54) is 0 Å². The van der Waals surface area contributed by atoms with Gasteiger partial charge in [0, 0.05) is 85.2 Å². The SMILES string of the molecule is CCCN(CCCN(c1cc(OC)cc(OC)c1)c1ccc2ncc(-c3cnn(C)c3)cc2c1)OCC. The van der Waals surface area contributed by atoms with E-state index in [0.717, 1.165) is 77.4 Å². The van der Waals surface area contributed by atoms with E-state index in [9.17, 15) is 0 Å². The van der Waals surface area contributed by atoms with E-state index in [2.05, 4.69) is 46.3 Å². The lowest BCUT2D eigenvalue weighted by atomic mass is 10.1. The van der Waals surface area contributed by atoms with E-state index in [0.29, 0.717) is 6.61 Å². The first kappa shape index (κ1) is 26.4. The van der Waals surface area contributed by atoms with Crippen molar-refractivity contribution in [1.29, 1.82) is 0 Å². The predicted octanol–water partition coefficient (Wildman–Crippen LogP) is 5.84. The minimum atomic E-state index is 0.674. The second-order valence-corrected chi connectivity index (χ2v) is 8.93. The van der Waals surface area contributed by atoms with E-state index in [1.54, 1.807) is 18.9 Å². The van der Waals surface area contributed by atoms with E-state index < -0.39 is 0 Å². The summed E-state index contributed by atoms with van der Waals surface area (Å²) in [5.41, 5.74) is 5.12. The van der Waals surface area contributed by atoms with E-state index in [-0.39, 0.29) is 0 Å². The molecule has 0 saturated carbocycles. The highest BCUT2D eigenvalue weighted by Gasteiger charge is 2.15. The largest absolute Gasteiger partial charge is 0.497 e. The van der Waals surface area contributed by atoms with E-state index >= 15 is 0 Å². The Hall–Kier alpha value is -3.62. The number of rotatable bonds is 13. The van der Waals surface area contributed by atoms with Crippen LogP contribution in [0.2, 0.25) is 0 Å². The highest BCUT2D eigenvalue weighted by Crippen LogP contribution is 2.35. The van der Waals surface area contributed by atoms with Gasteiger partial charge in [-0.25, -0.2) is 0 Å². The molecule has 0 bridgehead atoms. The molecule has 2 heterocycles. The molecule has 4 aromatic rings. The Morgan fingerprint density at radius 3 is 2.27 bits per heavy atom. The van der Waals surface area contributed by atoms with Crippen LogP contribution in [0, 0.1) is 0 Å². The molecule has 2 aromatic heterocycles. The van der Waals surface area contributed by atoms with Gasteiger partial charge in [-0.05, 0) is 44.0 Å². The van der Waals surface area contributed by atoms with E-state index in [4.69, 9.17) is 19.3 Å². The van der Waals surface area contributed by atoms with E-state index in [1.807, 2.05) is 50.8 Å². The molecule has 0 aliphatic rings. The van der Waals surface area contributed by atoms with Crippen molar-refractivity contribution in [2.45, 2.75) is 26.7 Å². The van der Waals surface area contributed by atoms with Crippen molar-refractivity contribution in [1.82, 2.24) is 19.8 Å². The second-order valence-electron chi connectivity index (χ2n) is 8.93. The first-order chi connectivity index (χ1) is 18.0. The predicted molar refractivity (Wildman–Crippen MR) is 149 cm³/mol. The van der Waals surface area contributed by atoms with Gasteiger partial charge in [-0.2, -0.15) is 10.2 Å². The topological polar surface area (TPSA) is 64.9 Å². The number of anilines is 2. The van der Waals surface area contributed by atoms with Crippen LogP contribution in [0.5, 0.6) is 11.5 Å². The smallest absolute Gasteiger partial charge is 0.124 e. The van der Waals surface area contributed by atoms with Crippen LogP contribution in [0.4, 0.5) is 11.4 Å². The zero-order valence-electron chi connectivity index (χ0n) is 22.5. The molecule has 0 unspecified atom stereocenters. The fraction of sp³-hybridized carbons (Fsp3) is 0.379. The van der Waals surface area contributed by atoms with Gasteiger partial charge in [0.15, 0.2) is 0 Å².